The summed E-state index contributed by atoms with van der Waals surface area (Å²) in [6.45, 7) is 7.53. The Morgan fingerprint density at radius 3 is 2.77 bits per heavy atom. The van der Waals surface area contributed by atoms with Gasteiger partial charge in [0.1, 0.15) is 5.69 Å². The molecule has 3 rings (SSSR count). The van der Waals surface area contributed by atoms with Crippen molar-refractivity contribution in [3.05, 3.63) is 5.69 Å². The monoisotopic (exact) mass is 365 g/mol. The van der Waals surface area contributed by atoms with Crippen LogP contribution in [0, 0.1) is 12.8 Å². The quantitative estimate of drug-likeness (QED) is 0.777. The fraction of sp³-hybridized carbons (Fsp3) is 0.833. The molecule has 2 fully saturated rings. The molecule has 2 heterocycles. The zero-order chi connectivity index (χ0) is 18.4. The first-order valence-corrected chi connectivity index (χ1v) is 9.70. The average Bonchev–Trinajstić information content (AvgIpc) is 3.07. The molecule has 1 amide bonds. The first kappa shape index (κ1) is 19.1. The van der Waals surface area contributed by atoms with E-state index >= 15 is 0 Å². The summed E-state index contributed by atoms with van der Waals surface area (Å²) in [5.74, 6) is 1.65. The van der Waals surface area contributed by atoms with Gasteiger partial charge in [0.25, 0.3) is 0 Å². The fourth-order valence-corrected chi connectivity index (χ4v) is 4.10. The number of nitrogens with one attached hydrogen (secondary N) is 1. The average molecular weight is 365 g/mol. The molecule has 8 nitrogen and oxygen atoms in total. The second-order valence-electron chi connectivity index (χ2n) is 7.50. The number of piperazine rings is 1. The van der Waals surface area contributed by atoms with Crippen LogP contribution in [0.5, 0.6) is 0 Å². The molecule has 1 aliphatic carbocycles. The van der Waals surface area contributed by atoms with Crippen molar-refractivity contribution >= 4 is 11.7 Å². The van der Waals surface area contributed by atoms with Gasteiger partial charge in [0, 0.05) is 52.3 Å². The standard InChI is InChI=1S/C18H31N5O3/c1-14-18(21-26-20-14)23-9-7-22(8-10-23)13-15-4-3-5-16(12-15)19-17(24)6-11-25-2/h15-16H,3-13H2,1-2H3,(H,19,24)/t15-,16-/m1/s1. The summed E-state index contributed by atoms with van der Waals surface area (Å²) < 4.78 is 9.80. The summed E-state index contributed by atoms with van der Waals surface area (Å²) >= 11 is 0. The molecule has 1 N–H and O–H groups in total. The lowest BCUT2D eigenvalue weighted by molar-refractivity contribution is -0.123. The lowest BCUT2D eigenvalue weighted by Gasteiger charge is -2.38. The third kappa shape index (κ3) is 5.17. The molecule has 0 spiro atoms. The molecular formula is C18H31N5O3. The first-order valence-electron chi connectivity index (χ1n) is 9.70. The van der Waals surface area contributed by atoms with E-state index in [0.29, 0.717) is 25.0 Å². The van der Waals surface area contributed by atoms with Crippen LogP contribution in [0.1, 0.15) is 37.8 Å². The Bertz CT molecular complexity index is 571. The topological polar surface area (TPSA) is 83.7 Å². The summed E-state index contributed by atoms with van der Waals surface area (Å²) in [6.07, 6.45) is 5.10. The summed E-state index contributed by atoms with van der Waals surface area (Å²) in [4.78, 5) is 16.7. The van der Waals surface area contributed by atoms with Crippen molar-refractivity contribution in [1.29, 1.82) is 0 Å². The van der Waals surface area contributed by atoms with Crippen LogP contribution in [-0.2, 0) is 9.53 Å². The van der Waals surface area contributed by atoms with Gasteiger partial charge in [-0.1, -0.05) is 11.6 Å². The Kier molecular flexibility index (Phi) is 6.85. The van der Waals surface area contributed by atoms with Crippen LogP contribution < -0.4 is 10.2 Å². The molecule has 146 valence electrons. The predicted octanol–water partition coefficient (Wildman–Crippen LogP) is 1.21. The zero-order valence-electron chi connectivity index (χ0n) is 15.9. The predicted molar refractivity (Wildman–Crippen MR) is 98.1 cm³/mol. The minimum absolute atomic E-state index is 0.114. The highest BCUT2D eigenvalue weighted by atomic mass is 16.6. The van der Waals surface area contributed by atoms with E-state index in [0.717, 1.165) is 57.1 Å². The van der Waals surface area contributed by atoms with Crippen molar-refractivity contribution < 1.29 is 14.2 Å². The summed E-state index contributed by atoms with van der Waals surface area (Å²) in [7, 11) is 1.63. The number of methoxy groups -OCH3 is 1. The Labute approximate surface area is 155 Å². The van der Waals surface area contributed by atoms with Gasteiger partial charge in [-0.25, -0.2) is 4.63 Å². The van der Waals surface area contributed by atoms with E-state index in [2.05, 4.69) is 25.4 Å². The van der Waals surface area contributed by atoms with Gasteiger partial charge in [0.15, 0.2) is 5.82 Å². The van der Waals surface area contributed by atoms with Crippen molar-refractivity contribution in [3.63, 3.8) is 0 Å². The van der Waals surface area contributed by atoms with Crippen LogP contribution in [0.2, 0.25) is 0 Å². The maximum Gasteiger partial charge on any atom is 0.222 e. The summed E-state index contributed by atoms with van der Waals surface area (Å²) in [5, 5.41) is 11.1. The second kappa shape index (κ2) is 9.32. The maximum atomic E-state index is 11.9. The van der Waals surface area contributed by atoms with Gasteiger partial charge in [-0.05, 0) is 37.3 Å². The molecule has 0 bridgehead atoms. The van der Waals surface area contributed by atoms with Crippen LogP contribution in [0.3, 0.4) is 0 Å². The van der Waals surface area contributed by atoms with Gasteiger partial charge in [0.2, 0.25) is 5.91 Å². The molecule has 1 saturated carbocycles. The summed E-state index contributed by atoms with van der Waals surface area (Å²) in [5.41, 5.74) is 0.859. The Morgan fingerprint density at radius 2 is 2.08 bits per heavy atom. The highest BCUT2D eigenvalue weighted by Crippen LogP contribution is 2.26. The van der Waals surface area contributed by atoms with Gasteiger partial charge in [-0.2, -0.15) is 0 Å². The third-order valence-electron chi connectivity index (χ3n) is 5.50. The molecule has 1 aromatic heterocycles. The van der Waals surface area contributed by atoms with Gasteiger partial charge >= 0.3 is 0 Å². The van der Waals surface area contributed by atoms with Crippen LogP contribution in [0.4, 0.5) is 5.82 Å². The van der Waals surface area contributed by atoms with E-state index in [4.69, 9.17) is 9.37 Å². The SMILES string of the molecule is COCCC(=O)N[C@@H]1CCC[C@@H](CN2CCN(c3nonc3C)CC2)C1. The number of amides is 1. The highest BCUT2D eigenvalue weighted by molar-refractivity contribution is 5.76. The van der Waals surface area contributed by atoms with Crippen LogP contribution >= 0.6 is 0 Å². The minimum atomic E-state index is 0.114. The number of rotatable bonds is 7. The number of carbonyl (C=O) groups is 1. The van der Waals surface area contributed by atoms with Gasteiger partial charge in [-0.15, -0.1) is 0 Å². The molecule has 0 unspecified atom stereocenters. The van der Waals surface area contributed by atoms with E-state index < -0.39 is 0 Å². The molecule has 2 aliphatic rings. The molecule has 1 aromatic rings. The lowest BCUT2D eigenvalue weighted by Crippen LogP contribution is -2.49. The Hall–Kier alpha value is -1.67. The van der Waals surface area contributed by atoms with E-state index in [9.17, 15) is 4.79 Å². The number of aromatic nitrogens is 2. The normalized spacial score (nSPS) is 24.6. The smallest absolute Gasteiger partial charge is 0.222 e. The van der Waals surface area contributed by atoms with Crippen LogP contribution in [0.15, 0.2) is 4.63 Å². The first-order chi connectivity index (χ1) is 12.7. The number of ether oxygens (including phenoxy) is 1. The molecule has 0 aromatic carbocycles. The fourth-order valence-electron chi connectivity index (χ4n) is 4.10. The van der Waals surface area contributed by atoms with Crippen molar-refractivity contribution in [3.8, 4) is 0 Å². The molecule has 26 heavy (non-hydrogen) atoms. The number of hydrogen-bond acceptors (Lipinski definition) is 7. The minimum Gasteiger partial charge on any atom is -0.384 e. The molecule has 8 heteroatoms. The molecule has 2 atom stereocenters. The second-order valence-corrected chi connectivity index (χ2v) is 7.50. The number of nitrogens with zero attached hydrogens (tertiary/aromatic N) is 4. The number of anilines is 1. The van der Waals surface area contributed by atoms with Crippen LogP contribution in [0.25, 0.3) is 0 Å². The molecular weight excluding hydrogens is 334 g/mol. The van der Waals surface area contributed by atoms with Gasteiger partial charge in [-0.3, -0.25) is 9.69 Å². The highest BCUT2D eigenvalue weighted by Gasteiger charge is 2.27. The van der Waals surface area contributed by atoms with E-state index in [1.807, 2.05) is 6.92 Å². The van der Waals surface area contributed by atoms with E-state index in [-0.39, 0.29) is 5.91 Å². The van der Waals surface area contributed by atoms with Gasteiger partial charge in [0.05, 0.1) is 6.61 Å². The number of hydrogen-bond donors (Lipinski definition) is 1. The largest absolute Gasteiger partial charge is 0.384 e. The number of carbonyl (C=O) groups excluding carboxylic acids is 1. The van der Waals surface area contributed by atoms with E-state index in [1.54, 1.807) is 7.11 Å². The van der Waals surface area contributed by atoms with Gasteiger partial charge < -0.3 is 15.0 Å². The summed E-state index contributed by atoms with van der Waals surface area (Å²) in [6, 6.07) is 0.322. The third-order valence-corrected chi connectivity index (χ3v) is 5.50. The lowest BCUT2D eigenvalue weighted by atomic mass is 9.85. The van der Waals surface area contributed by atoms with Crippen molar-refractivity contribution in [2.75, 3.05) is 51.3 Å². The molecule has 1 aliphatic heterocycles. The number of aryl methyl sites for hydroxylation is 1. The Morgan fingerprint density at radius 1 is 1.27 bits per heavy atom. The molecule has 0 radical (unpaired) electrons. The van der Waals surface area contributed by atoms with Crippen LogP contribution in [-0.4, -0.2) is 73.6 Å². The van der Waals surface area contributed by atoms with Crippen molar-refractivity contribution in [2.45, 2.75) is 45.1 Å². The van der Waals surface area contributed by atoms with Crippen molar-refractivity contribution in [2.24, 2.45) is 5.92 Å². The molecule has 1 saturated heterocycles. The maximum absolute atomic E-state index is 11.9. The Balaban J connectivity index is 1.40. The zero-order valence-corrected chi connectivity index (χ0v) is 15.9. The van der Waals surface area contributed by atoms with E-state index in [1.165, 1.54) is 12.8 Å². The van der Waals surface area contributed by atoms with Crippen molar-refractivity contribution in [1.82, 2.24) is 20.5 Å².